The molecule has 0 spiro atoms. The van der Waals surface area contributed by atoms with Crippen LogP contribution in [0.3, 0.4) is 0 Å². The number of thioether (sulfide) groups is 1. The van der Waals surface area contributed by atoms with Crippen molar-refractivity contribution < 1.29 is 28.8 Å². The third kappa shape index (κ3) is 4.06. The van der Waals surface area contributed by atoms with Crippen LogP contribution in [0.15, 0.2) is 23.2 Å². The van der Waals surface area contributed by atoms with Gasteiger partial charge in [0, 0.05) is 29.4 Å². The van der Waals surface area contributed by atoms with Gasteiger partial charge in [0.05, 0.1) is 18.1 Å². The zero-order chi connectivity index (χ0) is 19.8. The largest absolute Gasteiger partial charge is 0.444 e. The molecule has 0 aromatic heterocycles. The minimum absolute atomic E-state index is 0.0996. The molecule has 1 saturated heterocycles. The highest BCUT2D eigenvalue weighted by Crippen LogP contribution is 2.46. The Morgan fingerprint density at radius 3 is 2.93 bits per heavy atom. The van der Waals surface area contributed by atoms with E-state index < -0.39 is 23.1 Å². The van der Waals surface area contributed by atoms with E-state index in [0.29, 0.717) is 17.5 Å². The molecule has 2 aliphatic heterocycles. The highest BCUT2D eigenvalue weighted by Gasteiger charge is 2.50. The molecular weight excluding hydrogens is 377 g/mol. The first kappa shape index (κ1) is 19.6. The number of benzene rings is 1. The van der Waals surface area contributed by atoms with Crippen molar-refractivity contribution in [2.24, 2.45) is 10.9 Å². The van der Waals surface area contributed by atoms with Gasteiger partial charge in [0.15, 0.2) is 5.17 Å². The normalized spacial score (nSPS) is 24.7. The van der Waals surface area contributed by atoms with Gasteiger partial charge in [0.1, 0.15) is 17.0 Å². The topological polar surface area (TPSA) is 100 Å². The number of rotatable bonds is 2. The SMILES string of the molecule is CC(C)(C)OC(=O)NC1=N[C@@]2(c3cc([N+](=O)O)ccc3F)COC[C@H]2CS1. The summed E-state index contributed by atoms with van der Waals surface area (Å²) in [6.07, 6.45) is -0.656. The molecule has 146 valence electrons. The first-order valence-electron chi connectivity index (χ1n) is 8.37. The fourth-order valence-corrected chi connectivity index (χ4v) is 4.21. The second-order valence-corrected chi connectivity index (χ2v) is 8.44. The van der Waals surface area contributed by atoms with Gasteiger partial charge in [-0.25, -0.2) is 19.4 Å². The molecule has 1 aromatic rings. The Hall–Kier alpha value is -2.20. The number of alkyl carbamates (subject to hydrolysis) is 1. The Morgan fingerprint density at radius 2 is 2.26 bits per heavy atom. The number of hydrogen-bond donors (Lipinski definition) is 2. The number of halogens is 1. The number of nitrogens with one attached hydrogen (secondary N) is 1. The van der Waals surface area contributed by atoms with Gasteiger partial charge in [-0.05, 0) is 26.8 Å². The van der Waals surface area contributed by atoms with Crippen LogP contribution in [0.2, 0.25) is 0 Å². The number of aliphatic imine (C=N–C) groups is 1. The Balaban J connectivity index is 1.97. The van der Waals surface area contributed by atoms with Gasteiger partial charge in [-0.3, -0.25) is 5.32 Å². The molecule has 0 radical (unpaired) electrons. The molecule has 3 rings (SSSR count). The van der Waals surface area contributed by atoms with Crippen LogP contribution in [0.4, 0.5) is 14.9 Å². The molecular formula is C17H21FN3O5S+. The second kappa shape index (κ2) is 7.08. The third-order valence-corrected chi connectivity index (χ3v) is 5.32. The van der Waals surface area contributed by atoms with Crippen molar-refractivity contribution in [1.82, 2.24) is 5.32 Å². The van der Waals surface area contributed by atoms with E-state index in [1.54, 1.807) is 20.8 Å². The Morgan fingerprint density at radius 1 is 1.52 bits per heavy atom. The van der Waals surface area contributed by atoms with E-state index in [1.807, 2.05) is 0 Å². The predicted octanol–water partition coefficient (Wildman–Crippen LogP) is 3.09. The second-order valence-electron chi connectivity index (χ2n) is 7.43. The minimum Gasteiger partial charge on any atom is -0.444 e. The van der Waals surface area contributed by atoms with Crippen molar-refractivity contribution in [2.75, 3.05) is 19.0 Å². The molecule has 0 aliphatic carbocycles. The number of fused-ring (bicyclic) bond motifs is 1. The number of carbonyl (C=O) groups is 1. The predicted molar refractivity (Wildman–Crippen MR) is 96.7 cm³/mol. The maximum atomic E-state index is 14.6. The van der Waals surface area contributed by atoms with Crippen molar-refractivity contribution in [3.8, 4) is 0 Å². The number of nitrogens with zero attached hydrogens (tertiary/aromatic N) is 2. The molecule has 0 bridgehead atoms. The summed E-state index contributed by atoms with van der Waals surface area (Å²) in [5.41, 5.74) is -1.73. The summed E-state index contributed by atoms with van der Waals surface area (Å²) in [6.45, 7) is 5.71. The molecule has 2 N–H and O–H groups in total. The van der Waals surface area contributed by atoms with Crippen LogP contribution >= 0.6 is 11.8 Å². The highest BCUT2D eigenvalue weighted by molar-refractivity contribution is 8.13. The maximum Gasteiger partial charge on any atom is 0.413 e. The average Bonchev–Trinajstić information content (AvgIpc) is 2.97. The molecule has 27 heavy (non-hydrogen) atoms. The van der Waals surface area contributed by atoms with E-state index in [-0.39, 0.29) is 28.7 Å². The van der Waals surface area contributed by atoms with Crippen LogP contribution in [-0.2, 0) is 15.0 Å². The van der Waals surface area contributed by atoms with E-state index in [0.717, 1.165) is 6.07 Å². The van der Waals surface area contributed by atoms with Gasteiger partial charge in [-0.15, -0.1) is 0 Å². The zero-order valence-corrected chi connectivity index (χ0v) is 16.0. The number of hydrogen-bond acceptors (Lipinski definition) is 6. The lowest BCUT2D eigenvalue weighted by molar-refractivity contribution is -0.729. The molecule has 2 heterocycles. The molecule has 10 heteroatoms. The van der Waals surface area contributed by atoms with Crippen LogP contribution in [0.1, 0.15) is 26.3 Å². The fraction of sp³-hybridized carbons (Fsp3) is 0.529. The molecule has 1 aromatic carbocycles. The summed E-state index contributed by atoms with van der Waals surface area (Å²) < 4.78 is 25.4. The van der Waals surface area contributed by atoms with Crippen LogP contribution in [0, 0.1) is 16.6 Å². The number of amides is 1. The highest BCUT2D eigenvalue weighted by atomic mass is 32.2. The molecule has 2 aliphatic rings. The first-order chi connectivity index (χ1) is 12.6. The maximum absolute atomic E-state index is 14.6. The summed E-state index contributed by atoms with van der Waals surface area (Å²) in [7, 11) is 0. The lowest BCUT2D eigenvalue weighted by Gasteiger charge is -2.34. The number of ether oxygens (including phenoxy) is 2. The first-order valence-corrected chi connectivity index (χ1v) is 9.36. The fourth-order valence-electron chi connectivity index (χ4n) is 3.09. The van der Waals surface area contributed by atoms with Crippen molar-refractivity contribution >= 4 is 28.7 Å². The van der Waals surface area contributed by atoms with Crippen LogP contribution in [0.5, 0.6) is 0 Å². The minimum atomic E-state index is -1.09. The number of amidine groups is 1. The summed E-state index contributed by atoms with van der Waals surface area (Å²) in [5.74, 6) is -0.169. The van der Waals surface area contributed by atoms with Gasteiger partial charge in [-0.2, -0.15) is 0 Å². The van der Waals surface area contributed by atoms with Crippen LogP contribution in [-0.4, -0.2) is 46.0 Å². The van der Waals surface area contributed by atoms with Gasteiger partial charge in [0.2, 0.25) is 0 Å². The average molecular weight is 398 g/mol. The van der Waals surface area contributed by atoms with E-state index in [4.69, 9.17) is 14.7 Å². The molecule has 0 unspecified atom stereocenters. The van der Waals surface area contributed by atoms with E-state index in [2.05, 4.69) is 10.3 Å². The Kier molecular flexibility index (Phi) is 5.13. The van der Waals surface area contributed by atoms with Crippen molar-refractivity contribution in [3.63, 3.8) is 0 Å². The molecule has 0 saturated carbocycles. The smallest absolute Gasteiger partial charge is 0.413 e. The van der Waals surface area contributed by atoms with Crippen molar-refractivity contribution in [2.45, 2.75) is 31.9 Å². The Labute approximate surface area is 159 Å². The summed E-state index contributed by atoms with van der Waals surface area (Å²) in [4.78, 5) is 27.5. The van der Waals surface area contributed by atoms with Gasteiger partial charge in [-0.1, -0.05) is 11.8 Å². The van der Waals surface area contributed by atoms with Crippen LogP contribution < -0.4 is 5.32 Å². The van der Waals surface area contributed by atoms with E-state index in [1.165, 1.54) is 23.9 Å². The van der Waals surface area contributed by atoms with Crippen molar-refractivity contribution in [1.29, 1.82) is 0 Å². The molecule has 2 atom stereocenters. The lowest BCUT2D eigenvalue weighted by atomic mass is 9.81. The lowest BCUT2D eigenvalue weighted by Crippen LogP contribution is -2.43. The van der Waals surface area contributed by atoms with E-state index >= 15 is 0 Å². The third-order valence-electron chi connectivity index (χ3n) is 4.28. The van der Waals surface area contributed by atoms with Crippen LogP contribution in [0.25, 0.3) is 0 Å². The summed E-state index contributed by atoms with van der Waals surface area (Å²) in [5, 5.41) is 12.0. The van der Waals surface area contributed by atoms with Gasteiger partial charge < -0.3 is 9.47 Å². The summed E-state index contributed by atoms with van der Waals surface area (Å²) >= 11 is 1.32. The summed E-state index contributed by atoms with van der Waals surface area (Å²) in [6, 6.07) is 3.54. The monoisotopic (exact) mass is 398 g/mol. The molecule has 1 amide bonds. The standard InChI is InChI=1S/C17H20FN3O5S/c1-16(2,3)26-15(22)19-14-20-17(9-25-7-10(17)8-27-14)12-6-11(21(23)24)4-5-13(12)18/h4-6,10H,7-9H2,1-3H3,(H-,19,20,22,23,24)/p+1/t10-,17-/m0/s1. The quantitative estimate of drug-likeness (QED) is 0.743. The van der Waals surface area contributed by atoms with E-state index in [9.17, 15) is 14.1 Å². The zero-order valence-electron chi connectivity index (χ0n) is 15.2. The van der Waals surface area contributed by atoms with Gasteiger partial charge in [0.25, 0.3) is 4.92 Å². The molecule has 1 fully saturated rings. The number of carbonyl (C=O) groups excluding carboxylic acids is 1. The van der Waals surface area contributed by atoms with Gasteiger partial charge >= 0.3 is 11.8 Å². The van der Waals surface area contributed by atoms with Crippen molar-refractivity contribution in [3.05, 3.63) is 34.5 Å². The molecule has 8 nitrogen and oxygen atoms in total. The Bertz CT molecular complexity index is 810.